The third-order valence-corrected chi connectivity index (χ3v) is 5.83. The first-order chi connectivity index (χ1) is 16.6. The monoisotopic (exact) mass is 471 g/mol. The van der Waals surface area contributed by atoms with E-state index in [0.717, 1.165) is 29.5 Å². The molecule has 0 N–H and O–H groups in total. The fraction of sp³-hybridized carbons (Fsp3) is 0.133. The van der Waals surface area contributed by atoms with Crippen LogP contribution in [0.5, 0.6) is 0 Å². The predicted octanol–water partition coefficient (Wildman–Crippen LogP) is 2.00. The molecule has 0 aliphatic heterocycles. The zero-order valence-corrected chi connectivity index (χ0v) is 21.9. The second kappa shape index (κ2) is 13.1. The minimum atomic E-state index is -1.18. The van der Waals surface area contributed by atoms with Crippen LogP contribution in [0.4, 0.5) is 0 Å². The van der Waals surface area contributed by atoms with Gasteiger partial charge in [0, 0.05) is 18.7 Å². The largest absolute Gasteiger partial charge is 1.00 e. The second-order valence-electron chi connectivity index (χ2n) is 8.24. The van der Waals surface area contributed by atoms with Crippen molar-refractivity contribution in [3.05, 3.63) is 131 Å². The maximum atomic E-state index is 13.2. The number of amides is 1. The van der Waals surface area contributed by atoms with E-state index >= 15 is 0 Å². The average Bonchev–Trinajstić information content (AvgIpc) is 2.89. The first kappa shape index (κ1) is 26.4. The fourth-order valence-electron chi connectivity index (χ4n) is 3.96. The van der Waals surface area contributed by atoms with Crippen LogP contribution in [0, 0.1) is 0 Å². The Hall–Kier alpha value is -3.18. The Kier molecular flexibility index (Phi) is 9.86. The Labute approximate surface area is 228 Å². The van der Waals surface area contributed by atoms with E-state index in [-0.39, 0.29) is 41.0 Å². The first-order valence-corrected chi connectivity index (χ1v) is 11.4. The van der Waals surface area contributed by atoms with Gasteiger partial charge in [-0.2, -0.15) is 0 Å². The summed E-state index contributed by atoms with van der Waals surface area (Å²) >= 11 is 0. The van der Waals surface area contributed by atoms with E-state index in [1.807, 2.05) is 77.7 Å². The maximum absolute atomic E-state index is 13.2. The van der Waals surface area contributed by atoms with Gasteiger partial charge in [0.1, 0.15) is 0 Å². The molecule has 0 aliphatic carbocycles. The van der Waals surface area contributed by atoms with Crippen LogP contribution in [0.25, 0.3) is 11.1 Å². The normalized spacial score (nSPS) is 10.3. The van der Waals surface area contributed by atoms with Crippen LogP contribution < -0.4 is 34.7 Å². The van der Waals surface area contributed by atoms with Crippen LogP contribution in [0.15, 0.2) is 109 Å². The van der Waals surface area contributed by atoms with Crippen LogP contribution in [0.1, 0.15) is 38.3 Å². The summed E-state index contributed by atoms with van der Waals surface area (Å²) in [6, 6.07) is 34.4. The topological polar surface area (TPSA) is 60.4 Å². The average molecular weight is 472 g/mol. The molecule has 5 heteroatoms. The molecule has 0 radical (unpaired) electrons. The molecule has 4 aromatic carbocycles. The Morgan fingerprint density at radius 1 is 0.629 bits per heavy atom. The van der Waals surface area contributed by atoms with Gasteiger partial charge in [-0.05, 0) is 52.8 Å². The fourth-order valence-corrected chi connectivity index (χ4v) is 3.96. The molecule has 4 aromatic rings. The van der Waals surface area contributed by atoms with Crippen molar-refractivity contribution in [1.82, 2.24) is 4.90 Å². The summed E-state index contributed by atoms with van der Waals surface area (Å²) in [5, 5.41) is 11.0. The number of nitrogens with zero attached hydrogens (tertiary/aromatic N) is 1. The number of hydrogen-bond donors (Lipinski definition) is 0. The molecule has 0 aromatic heterocycles. The van der Waals surface area contributed by atoms with Crippen molar-refractivity contribution in [2.75, 3.05) is 6.54 Å². The third-order valence-electron chi connectivity index (χ3n) is 5.83. The van der Waals surface area contributed by atoms with Crippen molar-refractivity contribution in [2.24, 2.45) is 0 Å². The molecular formula is C30H26NNaO3. The van der Waals surface area contributed by atoms with Crippen molar-refractivity contribution in [3.63, 3.8) is 0 Å². The Balaban J connectivity index is 0.00000342. The van der Waals surface area contributed by atoms with Gasteiger partial charge >= 0.3 is 29.6 Å². The summed E-state index contributed by atoms with van der Waals surface area (Å²) in [6.07, 6.45) is 1.80. The number of benzene rings is 4. The quantitative estimate of drug-likeness (QED) is 0.351. The number of hydrogen-bond acceptors (Lipinski definition) is 3. The smallest absolute Gasteiger partial charge is 0.545 e. The van der Waals surface area contributed by atoms with Crippen LogP contribution in [0.2, 0.25) is 0 Å². The molecule has 4 rings (SSSR count). The van der Waals surface area contributed by atoms with Gasteiger partial charge < -0.3 is 14.8 Å². The van der Waals surface area contributed by atoms with E-state index in [0.29, 0.717) is 18.7 Å². The molecule has 0 aliphatic rings. The van der Waals surface area contributed by atoms with E-state index in [2.05, 4.69) is 12.1 Å². The zero-order valence-electron chi connectivity index (χ0n) is 19.9. The molecular weight excluding hydrogens is 445 g/mol. The van der Waals surface area contributed by atoms with E-state index in [1.165, 1.54) is 5.56 Å². The maximum Gasteiger partial charge on any atom is 1.00 e. The Bertz CT molecular complexity index is 1220. The van der Waals surface area contributed by atoms with Crippen LogP contribution >= 0.6 is 0 Å². The summed E-state index contributed by atoms with van der Waals surface area (Å²) in [7, 11) is 0. The SMILES string of the molecule is O=C([O-])c1ccc(-c2ccc(CN(CCCc3ccccc3)C(=O)c3ccccc3)cc2)cc1.[Na+]. The van der Waals surface area contributed by atoms with E-state index < -0.39 is 5.97 Å². The number of carbonyl (C=O) groups excluding carboxylic acids is 2. The van der Waals surface area contributed by atoms with Gasteiger partial charge in [0.15, 0.2) is 0 Å². The number of carbonyl (C=O) groups is 2. The van der Waals surface area contributed by atoms with E-state index in [9.17, 15) is 14.7 Å². The molecule has 4 nitrogen and oxygen atoms in total. The second-order valence-corrected chi connectivity index (χ2v) is 8.24. The van der Waals surface area contributed by atoms with Gasteiger partial charge in [-0.25, -0.2) is 0 Å². The molecule has 0 unspecified atom stereocenters. The summed E-state index contributed by atoms with van der Waals surface area (Å²) in [4.78, 5) is 26.1. The molecule has 0 atom stereocenters. The Morgan fingerprint density at radius 3 is 1.74 bits per heavy atom. The molecule has 0 saturated carbocycles. The molecule has 0 heterocycles. The van der Waals surface area contributed by atoms with Crippen LogP contribution in [-0.4, -0.2) is 23.3 Å². The molecule has 170 valence electrons. The number of aryl methyl sites for hydroxylation is 1. The number of carboxylic acid groups (broad SMARTS) is 1. The first-order valence-electron chi connectivity index (χ1n) is 11.4. The van der Waals surface area contributed by atoms with Crippen molar-refractivity contribution in [2.45, 2.75) is 19.4 Å². The van der Waals surface area contributed by atoms with Gasteiger partial charge in [-0.15, -0.1) is 0 Å². The van der Waals surface area contributed by atoms with Gasteiger partial charge in [0.05, 0.1) is 5.97 Å². The number of aromatic carboxylic acids is 1. The summed E-state index contributed by atoms with van der Waals surface area (Å²) in [6.45, 7) is 1.18. The third kappa shape index (κ3) is 7.40. The molecule has 0 fully saturated rings. The number of rotatable bonds is 9. The van der Waals surface area contributed by atoms with Crippen molar-refractivity contribution >= 4 is 11.9 Å². The van der Waals surface area contributed by atoms with Gasteiger partial charge in [0.25, 0.3) is 5.91 Å². The number of carboxylic acids is 1. The summed E-state index contributed by atoms with van der Waals surface area (Å²) in [5.74, 6) is -1.16. The van der Waals surface area contributed by atoms with Crippen molar-refractivity contribution in [3.8, 4) is 11.1 Å². The van der Waals surface area contributed by atoms with E-state index in [4.69, 9.17) is 0 Å². The van der Waals surface area contributed by atoms with E-state index in [1.54, 1.807) is 24.3 Å². The molecule has 0 spiro atoms. The molecule has 1 amide bonds. The van der Waals surface area contributed by atoms with Crippen molar-refractivity contribution < 1.29 is 44.3 Å². The molecule has 0 saturated heterocycles. The summed E-state index contributed by atoms with van der Waals surface area (Å²) in [5.41, 5.74) is 5.07. The predicted molar refractivity (Wildman–Crippen MR) is 132 cm³/mol. The minimum absolute atomic E-state index is 0. The molecule has 35 heavy (non-hydrogen) atoms. The minimum Gasteiger partial charge on any atom is -0.545 e. The van der Waals surface area contributed by atoms with Crippen LogP contribution in [0.3, 0.4) is 0 Å². The zero-order chi connectivity index (χ0) is 23.8. The summed E-state index contributed by atoms with van der Waals surface area (Å²) < 4.78 is 0. The van der Waals surface area contributed by atoms with Gasteiger partial charge in [-0.1, -0.05) is 97.1 Å². The van der Waals surface area contributed by atoms with Crippen LogP contribution in [-0.2, 0) is 13.0 Å². The van der Waals surface area contributed by atoms with Gasteiger partial charge in [0.2, 0.25) is 0 Å². The molecule has 0 bridgehead atoms. The standard InChI is InChI=1S/C30H27NO3.Na/c32-29(27-11-5-2-6-12-27)31(21-7-10-23-8-3-1-4-9-23)22-24-13-15-25(16-14-24)26-17-19-28(20-18-26)30(33)34;/h1-6,8-9,11-20H,7,10,21-22H2,(H,33,34);/q;+1/p-1. The Morgan fingerprint density at radius 2 is 1.17 bits per heavy atom. The van der Waals surface area contributed by atoms with Gasteiger partial charge in [-0.3, -0.25) is 4.79 Å². The van der Waals surface area contributed by atoms with Crippen molar-refractivity contribution in [1.29, 1.82) is 0 Å².